The predicted octanol–water partition coefficient (Wildman–Crippen LogP) is 2.30. The van der Waals surface area contributed by atoms with Crippen LogP contribution >= 0.6 is 0 Å². The Kier molecular flexibility index (Phi) is 5.83. The molecule has 0 aliphatic heterocycles. The van der Waals surface area contributed by atoms with E-state index in [9.17, 15) is 9.18 Å². The maximum Gasteiger partial charge on any atom is 0.253 e. The van der Waals surface area contributed by atoms with Gasteiger partial charge in [0.25, 0.3) is 5.91 Å². The van der Waals surface area contributed by atoms with Crippen LogP contribution < -0.4 is 16.0 Å². The van der Waals surface area contributed by atoms with E-state index in [4.69, 9.17) is 0 Å². The molecule has 0 spiro atoms. The first kappa shape index (κ1) is 18.2. The van der Waals surface area contributed by atoms with Crippen molar-refractivity contribution in [1.82, 2.24) is 25.5 Å². The summed E-state index contributed by atoms with van der Waals surface area (Å²) < 4.78 is 13.0. The van der Waals surface area contributed by atoms with E-state index in [-0.39, 0.29) is 11.5 Å². The molecule has 0 atom stereocenters. The highest BCUT2D eigenvalue weighted by molar-refractivity contribution is 5.93. The van der Waals surface area contributed by atoms with E-state index in [0.29, 0.717) is 30.5 Å². The van der Waals surface area contributed by atoms with Crippen LogP contribution in [0.4, 0.5) is 21.8 Å². The molecular weight excluding hydrogens is 349 g/mol. The molecule has 3 aromatic heterocycles. The van der Waals surface area contributed by atoms with Crippen LogP contribution in [0.25, 0.3) is 0 Å². The van der Waals surface area contributed by atoms with Crippen molar-refractivity contribution >= 4 is 23.4 Å². The number of carbonyl (C=O) groups excluding carboxylic acids is 1. The van der Waals surface area contributed by atoms with Gasteiger partial charge in [-0.3, -0.25) is 9.78 Å². The number of aryl methyl sites for hydroxylation is 1. The number of hydrogen-bond donors (Lipinski definition) is 3. The van der Waals surface area contributed by atoms with E-state index in [1.165, 1.54) is 6.20 Å². The summed E-state index contributed by atoms with van der Waals surface area (Å²) >= 11 is 0. The second-order valence-electron chi connectivity index (χ2n) is 5.72. The standard InChI is InChI=1S/C18H18FN7O/c1-12-4-5-21-17(8-12)24-16-3-2-15(25-26-16)22-6-7-23-18(27)13-9-14(19)11-20-10-13/h2-5,8-11H,6-7H2,1H3,(H,22,25)(H,23,27)(H,21,24,26). The van der Waals surface area contributed by atoms with E-state index in [1.54, 1.807) is 18.3 Å². The molecule has 3 N–H and O–H groups in total. The molecule has 0 saturated carbocycles. The number of amides is 1. The van der Waals surface area contributed by atoms with Gasteiger partial charge in [0, 0.05) is 25.5 Å². The molecule has 0 aromatic carbocycles. The Morgan fingerprint density at radius 1 is 1.04 bits per heavy atom. The van der Waals surface area contributed by atoms with Crippen LogP contribution in [0.15, 0.2) is 48.9 Å². The van der Waals surface area contributed by atoms with Gasteiger partial charge in [0.05, 0.1) is 11.8 Å². The maximum atomic E-state index is 13.0. The molecule has 27 heavy (non-hydrogen) atoms. The van der Waals surface area contributed by atoms with Crippen molar-refractivity contribution in [2.24, 2.45) is 0 Å². The van der Waals surface area contributed by atoms with Crippen LogP contribution in [0.2, 0.25) is 0 Å². The number of nitrogens with zero attached hydrogens (tertiary/aromatic N) is 4. The van der Waals surface area contributed by atoms with Gasteiger partial charge >= 0.3 is 0 Å². The van der Waals surface area contributed by atoms with Crippen LogP contribution in [0, 0.1) is 12.7 Å². The Bertz CT molecular complexity index is 918. The summed E-state index contributed by atoms with van der Waals surface area (Å²) in [5.41, 5.74) is 1.27. The second-order valence-corrected chi connectivity index (χ2v) is 5.72. The predicted molar refractivity (Wildman–Crippen MR) is 99.3 cm³/mol. The molecule has 0 radical (unpaired) electrons. The summed E-state index contributed by atoms with van der Waals surface area (Å²) in [7, 11) is 0. The molecule has 1 amide bonds. The number of rotatable bonds is 7. The van der Waals surface area contributed by atoms with Crippen LogP contribution in [-0.2, 0) is 0 Å². The number of aromatic nitrogens is 4. The Morgan fingerprint density at radius 2 is 1.85 bits per heavy atom. The van der Waals surface area contributed by atoms with Gasteiger partial charge in [0.1, 0.15) is 17.5 Å². The van der Waals surface area contributed by atoms with Crippen LogP contribution in [0.3, 0.4) is 0 Å². The van der Waals surface area contributed by atoms with E-state index < -0.39 is 5.82 Å². The van der Waals surface area contributed by atoms with Gasteiger partial charge in [0.2, 0.25) is 0 Å². The lowest BCUT2D eigenvalue weighted by Gasteiger charge is -2.08. The van der Waals surface area contributed by atoms with Crippen molar-refractivity contribution in [1.29, 1.82) is 0 Å². The molecule has 3 heterocycles. The minimum absolute atomic E-state index is 0.176. The topological polar surface area (TPSA) is 105 Å². The molecule has 0 aliphatic carbocycles. The van der Waals surface area contributed by atoms with Crippen molar-refractivity contribution < 1.29 is 9.18 Å². The minimum Gasteiger partial charge on any atom is -0.367 e. The quantitative estimate of drug-likeness (QED) is 0.550. The normalized spacial score (nSPS) is 10.3. The van der Waals surface area contributed by atoms with Crippen molar-refractivity contribution in [2.75, 3.05) is 23.7 Å². The van der Waals surface area contributed by atoms with Crippen LogP contribution in [0.5, 0.6) is 0 Å². The molecular formula is C18H18FN7O. The Morgan fingerprint density at radius 3 is 2.59 bits per heavy atom. The van der Waals surface area contributed by atoms with Crippen LogP contribution in [-0.4, -0.2) is 39.2 Å². The Hall–Kier alpha value is -3.62. The number of hydrogen-bond acceptors (Lipinski definition) is 7. The lowest BCUT2D eigenvalue weighted by Crippen LogP contribution is -2.29. The molecule has 3 rings (SSSR count). The lowest BCUT2D eigenvalue weighted by molar-refractivity contribution is 0.0954. The van der Waals surface area contributed by atoms with Crippen molar-refractivity contribution in [2.45, 2.75) is 6.92 Å². The average molecular weight is 367 g/mol. The van der Waals surface area contributed by atoms with E-state index in [2.05, 4.69) is 36.1 Å². The third-order valence-corrected chi connectivity index (χ3v) is 3.52. The first-order chi connectivity index (χ1) is 13.1. The summed E-state index contributed by atoms with van der Waals surface area (Å²) in [6, 6.07) is 8.49. The highest BCUT2D eigenvalue weighted by atomic mass is 19.1. The molecule has 0 bridgehead atoms. The first-order valence-electron chi connectivity index (χ1n) is 8.26. The molecule has 9 heteroatoms. The highest BCUT2D eigenvalue weighted by Gasteiger charge is 2.06. The zero-order chi connectivity index (χ0) is 19.1. The Balaban J connectivity index is 1.44. The minimum atomic E-state index is -0.550. The summed E-state index contributed by atoms with van der Waals surface area (Å²) in [6.07, 6.45) is 4.08. The zero-order valence-corrected chi connectivity index (χ0v) is 14.6. The fourth-order valence-corrected chi connectivity index (χ4v) is 2.23. The van der Waals surface area contributed by atoms with Gasteiger partial charge in [0.15, 0.2) is 5.82 Å². The monoisotopic (exact) mass is 367 g/mol. The molecule has 0 fully saturated rings. The molecule has 3 aromatic rings. The number of nitrogens with one attached hydrogen (secondary N) is 3. The van der Waals surface area contributed by atoms with Crippen molar-refractivity contribution in [3.63, 3.8) is 0 Å². The van der Waals surface area contributed by atoms with E-state index in [1.807, 2.05) is 19.1 Å². The van der Waals surface area contributed by atoms with Crippen LogP contribution in [0.1, 0.15) is 15.9 Å². The SMILES string of the molecule is Cc1ccnc(Nc2ccc(NCCNC(=O)c3cncc(F)c3)nn2)c1. The fourth-order valence-electron chi connectivity index (χ4n) is 2.23. The third kappa shape index (κ3) is 5.43. The first-order valence-corrected chi connectivity index (χ1v) is 8.26. The molecule has 0 aliphatic rings. The summed E-state index contributed by atoms with van der Waals surface area (Å²) in [4.78, 5) is 19.7. The largest absolute Gasteiger partial charge is 0.367 e. The summed E-state index contributed by atoms with van der Waals surface area (Å²) in [5.74, 6) is 0.898. The molecule has 8 nitrogen and oxygen atoms in total. The van der Waals surface area contributed by atoms with E-state index in [0.717, 1.165) is 17.8 Å². The number of carbonyl (C=O) groups is 1. The van der Waals surface area contributed by atoms with Gasteiger partial charge in [-0.15, -0.1) is 10.2 Å². The zero-order valence-electron chi connectivity index (χ0n) is 14.6. The number of anilines is 3. The lowest BCUT2D eigenvalue weighted by atomic mass is 10.2. The smallest absolute Gasteiger partial charge is 0.253 e. The van der Waals surface area contributed by atoms with Gasteiger partial charge in [-0.25, -0.2) is 9.37 Å². The van der Waals surface area contributed by atoms with E-state index >= 15 is 0 Å². The average Bonchev–Trinajstić information content (AvgIpc) is 2.66. The van der Waals surface area contributed by atoms with Crippen molar-refractivity contribution in [3.8, 4) is 0 Å². The highest BCUT2D eigenvalue weighted by Crippen LogP contribution is 2.13. The number of halogens is 1. The van der Waals surface area contributed by atoms with Gasteiger partial charge < -0.3 is 16.0 Å². The number of pyridine rings is 2. The van der Waals surface area contributed by atoms with Gasteiger partial charge in [-0.2, -0.15) is 0 Å². The molecule has 0 unspecified atom stereocenters. The molecule has 138 valence electrons. The second kappa shape index (κ2) is 8.65. The van der Waals surface area contributed by atoms with Crippen molar-refractivity contribution in [3.05, 3.63) is 65.9 Å². The Labute approximate surface area is 155 Å². The molecule has 0 saturated heterocycles. The third-order valence-electron chi connectivity index (χ3n) is 3.52. The summed E-state index contributed by atoms with van der Waals surface area (Å²) in [6.45, 7) is 2.76. The summed E-state index contributed by atoms with van der Waals surface area (Å²) in [5, 5.41) is 16.9. The van der Waals surface area contributed by atoms with Gasteiger partial charge in [-0.1, -0.05) is 0 Å². The van der Waals surface area contributed by atoms with Gasteiger partial charge in [-0.05, 0) is 42.8 Å². The maximum absolute atomic E-state index is 13.0. The fraction of sp³-hybridized carbons (Fsp3) is 0.167.